The summed E-state index contributed by atoms with van der Waals surface area (Å²) in [5, 5.41) is 7.44. The normalized spacial score (nSPS) is 10.7. The van der Waals surface area contributed by atoms with Crippen LogP contribution in [-0.2, 0) is 4.79 Å². The highest BCUT2D eigenvalue weighted by atomic mass is 16.5. The molecule has 6 heteroatoms. The molecule has 3 rings (SSSR count). The molecule has 1 amide bonds. The number of nitrogens with zero attached hydrogens (tertiary/aromatic N) is 3. The van der Waals surface area contributed by atoms with Gasteiger partial charge in [0, 0.05) is 17.7 Å². The molecule has 0 aliphatic rings. The summed E-state index contributed by atoms with van der Waals surface area (Å²) >= 11 is 0. The minimum Gasteiger partial charge on any atom is -0.463 e. The molecule has 0 saturated carbocycles. The molecule has 1 aromatic heterocycles. The topological polar surface area (TPSA) is 69.0 Å². The van der Waals surface area contributed by atoms with E-state index in [1.54, 1.807) is 4.68 Å². The van der Waals surface area contributed by atoms with Crippen molar-refractivity contribution in [3.05, 3.63) is 54.1 Å². The summed E-state index contributed by atoms with van der Waals surface area (Å²) in [7, 11) is 0. The lowest BCUT2D eigenvalue weighted by molar-refractivity contribution is -0.116. The van der Waals surface area contributed by atoms with Gasteiger partial charge in [0.2, 0.25) is 5.91 Å². The Kier molecular flexibility index (Phi) is 6.42. The van der Waals surface area contributed by atoms with Crippen LogP contribution in [0.1, 0.15) is 38.7 Å². The number of nitrogens with one attached hydrogen (secondary N) is 1. The quantitative estimate of drug-likeness (QED) is 0.613. The van der Waals surface area contributed by atoms with Crippen molar-refractivity contribution in [1.29, 1.82) is 0 Å². The number of hydrogen-bond donors (Lipinski definition) is 1. The standard InChI is InChI=1S/C22H26N4O2/c1-4-6-11-20(27)23-17-12-14-18(15-13-17)26-21(24-22(25-26)28-5-2)19-10-8-7-9-16(19)3/h7-10,12-15H,4-6,11H2,1-3H3,(H,23,27). The zero-order chi connectivity index (χ0) is 19.9. The van der Waals surface area contributed by atoms with Crippen molar-refractivity contribution in [2.75, 3.05) is 11.9 Å². The van der Waals surface area contributed by atoms with Gasteiger partial charge < -0.3 is 10.1 Å². The lowest BCUT2D eigenvalue weighted by Crippen LogP contribution is -2.11. The van der Waals surface area contributed by atoms with Crippen molar-refractivity contribution in [2.24, 2.45) is 0 Å². The van der Waals surface area contributed by atoms with Gasteiger partial charge in [-0.1, -0.05) is 37.6 Å². The molecule has 28 heavy (non-hydrogen) atoms. The molecule has 0 aliphatic heterocycles. The minimum atomic E-state index is 0.0367. The first kappa shape index (κ1) is 19.6. The van der Waals surface area contributed by atoms with E-state index in [1.807, 2.05) is 62.4 Å². The van der Waals surface area contributed by atoms with Crippen LogP contribution in [0.15, 0.2) is 48.5 Å². The highest BCUT2D eigenvalue weighted by Gasteiger charge is 2.16. The molecule has 0 spiro atoms. The van der Waals surface area contributed by atoms with Gasteiger partial charge in [-0.05, 0) is 50.1 Å². The Morgan fingerprint density at radius 2 is 1.86 bits per heavy atom. The van der Waals surface area contributed by atoms with Crippen LogP contribution in [0.2, 0.25) is 0 Å². The molecule has 1 N–H and O–H groups in total. The molecule has 6 nitrogen and oxygen atoms in total. The van der Waals surface area contributed by atoms with Crippen LogP contribution in [0.25, 0.3) is 17.1 Å². The van der Waals surface area contributed by atoms with E-state index >= 15 is 0 Å². The van der Waals surface area contributed by atoms with E-state index < -0.39 is 0 Å². The van der Waals surface area contributed by atoms with Crippen molar-refractivity contribution in [3.63, 3.8) is 0 Å². The molecule has 146 valence electrons. The first-order valence-electron chi connectivity index (χ1n) is 9.68. The Labute approximate surface area is 165 Å². The number of carbonyl (C=O) groups excluding carboxylic acids is 1. The summed E-state index contributed by atoms with van der Waals surface area (Å²) in [6, 6.07) is 16.0. The molecule has 3 aromatic rings. The maximum Gasteiger partial charge on any atom is 0.336 e. The SMILES string of the molecule is CCCCC(=O)Nc1ccc(-n2nc(OCC)nc2-c2ccccc2C)cc1. The third-order valence-corrected chi connectivity index (χ3v) is 4.40. The molecule has 0 atom stereocenters. The summed E-state index contributed by atoms with van der Waals surface area (Å²) in [5.74, 6) is 0.760. The Morgan fingerprint density at radius 3 is 2.54 bits per heavy atom. The average molecular weight is 378 g/mol. The van der Waals surface area contributed by atoms with Crippen molar-refractivity contribution in [2.45, 2.75) is 40.0 Å². The van der Waals surface area contributed by atoms with E-state index in [9.17, 15) is 4.79 Å². The van der Waals surface area contributed by atoms with Crippen molar-refractivity contribution in [3.8, 4) is 23.1 Å². The van der Waals surface area contributed by atoms with Gasteiger partial charge in [-0.15, -0.1) is 5.10 Å². The van der Waals surface area contributed by atoms with Crippen LogP contribution in [-0.4, -0.2) is 27.3 Å². The van der Waals surface area contributed by atoms with Crippen LogP contribution in [0, 0.1) is 6.92 Å². The first-order valence-corrected chi connectivity index (χ1v) is 9.68. The molecule has 0 fully saturated rings. The van der Waals surface area contributed by atoms with Crippen molar-refractivity contribution >= 4 is 11.6 Å². The van der Waals surface area contributed by atoms with E-state index in [-0.39, 0.29) is 5.91 Å². The van der Waals surface area contributed by atoms with Gasteiger partial charge >= 0.3 is 6.01 Å². The predicted octanol–water partition coefficient (Wildman–Crippen LogP) is 4.77. The van der Waals surface area contributed by atoms with Gasteiger partial charge in [-0.25, -0.2) is 4.68 Å². The number of amides is 1. The fourth-order valence-electron chi connectivity index (χ4n) is 2.91. The lowest BCUT2D eigenvalue weighted by atomic mass is 10.1. The number of rotatable bonds is 8. The second-order valence-corrected chi connectivity index (χ2v) is 6.58. The van der Waals surface area contributed by atoms with E-state index in [2.05, 4.69) is 22.3 Å². The number of carbonyl (C=O) groups is 1. The predicted molar refractivity (Wildman–Crippen MR) is 111 cm³/mol. The zero-order valence-electron chi connectivity index (χ0n) is 16.6. The Balaban J connectivity index is 1.90. The Morgan fingerprint density at radius 1 is 1.11 bits per heavy atom. The maximum atomic E-state index is 11.9. The first-order chi connectivity index (χ1) is 13.6. The molecule has 0 radical (unpaired) electrons. The molecule has 2 aromatic carbocycles. The van der Waals surface area contributed by atoms with Crippen molar-refractivity contribution < 1.29 is 9.53 Å². The summed E-state index contributed by atoms with van der Waals surface area (Å²) in [6.07, 6.45) is 2.43. The van der Waals surface area contributed by atoms with Crippen LogP contribution in [0.4, 0.5) is 5.69 Å². The smallest absolute Gasteiger partial charge is 0.336 e. The number of hydrogen-bond acceptors (Lipinski definition) is 4. The Hall–Kier alpha value is -3.15. The molecule has 0 aliphatic carbocycles. The van der Waals surface area contributed by atoms with Crippen molar-refractivity contribution in [1.82, 2.24) is 14.8 Å². The van der Waals surface area contributed by atoms with Crippen LogP contribution < -0.4 is 10.1 Å². The Bertz CT molecular complexity index is 932. The van der Waals surface area contributed by atoms with Crippen LogP contribution in [0.3, 0.4) is 0 Å². The maximum absolute atomic E-state index is 11.9. The average Bonchev–Trinajstić information content (AvgIpc) is 3.11. The van der Waals surface area contributed by atoms with Gasteiger partial charge in [-0.3, -0.25) is 4.79 Å². The molecular formula is C22H26N4O2. The van der Waals surface area contributed by atoms with Gasteiger partial charge in [0.05, 0.1) is 12.3 Å². The summed E-state index contributed by atoms with van der Waals surface area (Å²) in [4.78, 5) is 16.5. The second kappa shape index (κ2) is 9.17. The number of anilines is 1. The molecule has 0 saturated heterocycles. The van der Waals surface area contributed by atoms with E-state index in [0.717, 1.165) is 41.2 Å². The third-order valence-electron chi connectivity index (χ3n) is 4.40. The second-order valence-electron chi connectivity index (χ2n) is 6.58. The van der Waals surface area contributed by atoms with E-state index in [4.69, 9.17) is 4.74 Å². The lowest BCUT2D eigenvalue weighted by Gasteiger charge is -2.09. The van der Waals surface area contributed by atoms with Gasteiger partial charge in [0.15, 0.2) is 5.82 Å². The number of aromatic nitrogens is 3. The summed E-state index contributed by atoms with van der Waals surface area (Å²) in [6.45, 7) is 6.52. The number of ether oxygens (including phenoxy) is 1. The highest BCUT2D eigenvalue weighted by molar-refractivity contribution is 5.90. The highest BCUT2D eigenvalue weighted by Crippen LogP contribution is 2.26. The molecule has 1 heterocycles. The molecule has 0 unspecified atom stereocenters. The third kappa shape index (κ3) is 4.57. The van der Waals surface area contributed by atoms with Gasteiger partial charge in [0.1, 0.15) is 0 Å². The van der Waals surface area contributed by atoms with E-state index in [1.165, 1.54) is 0 Å². The largest absolute Gasteiger partial charge is 0.463 e. The van der Waals surface area contributed by atoms with Crippen LogP contribution >= 0.6 is 0 Å². The van der Waals surface area contributed by atoms with Gasteiger partial charge in [0.25, 0.3) is 0 Å². The van der Waals surface area contributed by atoms with E-state index in [0.29, 0.717) is 19.0 Å². The minimum absolute atomic E-state index is 0.0367. The zero-order valence-corrected chi connectivity index (χ0v) is 16.6. The van der Waals surface area contributed by atoms with Gasteiger partial charge in [-0.2, -0.15) is 4.98 Å². The monoisotopic (exact) mass is 378 g/mol. The number of unbranched alkanes of at least 4 members (excludes halogenated alkanes) is 1. The fraction of sp³-hybridized carbons (Fsp3) is 0.318. The number of benzene rings is 2. The summed E-state index contributed by atoms with van der Waals surface area (Å²) < 4.78 is 7.30. The molecular weight excluding hydrogens is 352 g/mol. The summed E-state index contributed by atoms with van der Waals surface area (Å²) in [5.41, 5.74) is 3.73. The number of aryl methyl sites for hydroxylation is 1. The van der Waals surface area contributed by atoms with Crippen LogP contribution in [0.5, 0.6) is 6.01 Å². The fourth-order valence-corrected chi connectivity index (χ4v) is 2.91. The molecule has 0 bridgehead atoms.